The van der Waals surface area contributed by atoms with Crippen molar-refractivity contribution >= 4 is 11.8 Å². The van der Waals surface area contributed by atoms with E-state index in [4.69, 9.17) is 0 Å². The van der Waals surface area contributed by atoms with E-state index in [9.17, 15) is 0 Å². The average molecular weight is 267 g/mol. The van der Waals surface area contributed by atoms with Gasteiger partial charge < -0.3 is 5.32 Å². The quantitative estimate of drug-likeness (QED) is 0.823. The topological polar surface area (TPSA) is 29.9 Å². The third kappa shape index (κ3) is 4.32. The predicted molar refractivity (Wildman–Crippen MR) is 79.1 cm³/mol. The number of aryl methyl sites for hydroxylation is 1. The molecule has 0 saturated heterocycles. The molecule has 2 rings (SSSR count). The maximum atomic E-state index is 4.25. The van der Waals surface area contributed by atoms with Gasteiger partial charge in [0.15, 0.2) is 0 Å². The van der Waals surface area contributed by atoms with Gasteiger partial charge in [-0.2, -0.15) is 16.9 Å². The highest BCUT2D eigenvalue weighted by atomic mass is 32.2. The van der Waals surface area contributed by atoms with Gasteiger partial charge in [0.1, 0.15) is 0 Å². The molecule has 1 N–H and O–H groups in total. The van der Waals surface area contributed by atoms with Gasteiger partial charge in [0.05, 0.1) is 6.20 Å². The number of hydrogen-bond donors (Lipinski definition) is 1. The summed E-state index contributed by atoms with van der Waals surface area (Å²) in [4.78, 5) is 0. The Balaban J connectivity index is 1.79. The Morgan fingerprint density at radius 3 is 2.89 bits per heavy atom. The molecular weight excluding hydrogens is 242 g/mol. The smallest absolute Gasteiger partial charge is 0.0522 e. The molecule has 1 fully saturated rings. The molecule has 4 heteroatoms. The molecule has 1 unspecified atom stereocenters. The van der Waals surface area contributed by atoms with Gasteiger partial charge in [0.25, 0.3) is 0 Å². The molecule has 1 aromatic rings. The summed E-state index contributed by atoms with van der Waals surface area (Å²) in [6.45, 7) is 3.24. The number of likely N-dealkylation sites (N-methyl/N-ethyl adjacent to an activating group) is 1. The minimum atomic E-state index is 0.588. The lowest BCUT2D eigenvalue weighted by Gasteiger charge is -2.19. The SMILES string of the molecule is CCNC(CSC1CCCC1)Cc1cnn(C)c1. The zero-order valence-corrected chi connectivity index (χ0v) is 12.4. The van der Waals surface area contributed by atoms with Crippen LogP contribution in [0.25, 0.3) is 0 Å². The van der Waals surface area contributed by atoms with E-state index in [2.05, 4.69) is 35.3 Å². The van der Waals surface area contributed by atoms with Crippen LogP contribution in [-0.4, -0.2) is 33.4 Å². The fourth-order valence-electron chi connectivity index (χ4n) is 2.65. The van der Waals surface area contributed by atoms with Crippen molar-refractivity contribution in [3.8, 4) is 0 Å². The molecule has 1 aromatic heterocycles. The molecule has 1 heterocycles. The van der Waals surface area contributed by atoms with Crippen LogP contribution in [0.1, 0.15) is 38.2 Å². The monoisotopic (exact) mass is 267 g/mol. The van der Waals surface area contributed by atoms with E-state index in [-0.39, 0.29) is 0 Å². The third-order valence-electron chi connectivity index (χ3n) is 3.57. The highest BCUT2D eigenvalue weighted by molar-refractivity contribution is 7.99. The van der Waals surface area contributed by atoms with E-state index < -0.39 is 0 Å². The first-order valence-corrected chi connectivity index (χ1v) is 8.15. The Kier molecular flexibility index (Phi) is 5.57. The van der Waals surface area contributed by atoms with Crippen molar-refractivity contribution in [2.45, 2.75) is 50.3 Å². The van der Waals surface area contributed by atoms with Crippen molar-refractivity contribution in [1.82, 2.24) is 15.1 Å². The Labute approximate surface area is 115 Å². The molecule has 102 valence electrons. The summed E-state index contributed by atoms with van der Waals surface area (Å²) in [6, 6.07) is 0.588. The zero-order valence-electron chi connectivity index (χ0n) is 11.6. The number of nitrogens with one attached hydrogen (secondary N) is 1. The minimum Gasteiger partial charge on any atom is -0.313 e. The molecule has 0 aliphatic heterocycles. The second-order valence-electron chi connectivity index (χ2n) is 5.22. The first-order chi connectivity index (χ1) is 8.78. The van der Waals surface area contributed by atoms with Gasteiger partial charge in [-0.3, -0.25) is 4.68 Å². The van der Waals surface area contributed by atoms with Crippen LogP contribution in [0.5, 0.6) is 0 Å². The van der Waals surface area contributed by atoms with E-state index in [0.717, 1.165) is 18.2 Å². The molecular formula is C14H25N3S. The number of aromatic nitrogens is 2. The summed E-state index contributed by atoms with van der Waals surface area (Å²) in [5.41, 5.74) is 1.34. The molecule has 0 amide bonds. The summed E-state index contributed by atoms with van der Waals surface area (Å²) in [6.07, 6.45) is 10.9. The second kappa shape index (κ2) is 7.19. The lowest BCUT2D eigenvalue weighted by molar-refractivity contribution is 0.571. The molecule has 18 heavy (non-hydrogen) atoms. The van der Waals surface area contributed by atoms with Gasteiger partial charge in [-0.25, -0.2) is 0 Å². The maximum Gasteiger partial charge on any atom is 0.0522 e. The predicted octanol–water partition coefficient (Wildman–Crippen LogP) is 2.62. The van der Waals surface area contributed by atoms with Crippen LogP contribution in [0.15, 0.2) is 12.4 Å². The molecule has 1 aliphatic rings. The summed E-state index contributed by atoms with van der Waals surface area (Å²) < 4.78 is 1.89. The van der Waals surface area contributed by atoms with Crippen molar-refractivity contribution in [2.24, 2.45) is 7.05 Å². The lowest BCUT2D eigenvalue weighted by atomic mass is 10.1. The van der Waals surface area contributed by atoms with Crippen molar-refractivity contribution in [2.75, 3.05) is 12.3 Å². The van der Waals surface area contributed by atoms with Gasteiger partial charge >= 0.3 is 0 Å². The molecule has 0 aromatic carbocycles. The summed E-state index contributed by atoms with van der Waals surface area (Å²) in [5.74, 6) is 1.23. The van der Waals surface area contributed by atoms with Gasteiger partial charge in [-0.15, -0.1) is 0 Å². The van der Waals surface area contributed by atoms with Crippen LogP contribution in [0.3, 0.4) is 0 Å². The van der Waals surface area contributed by atoms with Crippen LogP contribution in [0, 0.1) is 0 Å². The molecule has 1 atom stereocenters. The maximum absolute atomic E-state index is 4.25. The Morgan fingerprint density at radius 1 is 1.50 bits per heavy atom. The zero-order chi connectivity index (χ0) is 12.8. The summed E-state index contributed by atoms with van der Waals surface area (Å²) in [7, 11) is 1.99. The first kappa shape index (κ1) is 13.9. The Hall–Kier alpha value is -0.480. The fourth-order valence-corrected chi connectivity index (χ4v) is 4.05. The molecule has 0 bridgehead atoms. The molecule has 1 saturated carbocycles. The normalized spacial score (nSPS) is 18.3. The molecule has 1 aliphatic carbocycles. The van der Waals surface area contributed by atoms with Crippen molar-refractivity contribution < 1.29 is 0 Å². The van der Waals surface area contributed by atoms with Crippen LogP contribution in [0.2, 0.25) is 0 Å². The average Bonchev–Trinajstić information content (AvgIpc) is 2.98. The minimum absolute atomic E-state index is 0.588. The van der Waals surface area contributed by atoms with Crippen molar-refractivity contribution in [3.63, 3.8) is 0 Å². The molecule has 0 radical (unpaired) electrons. The van der Waals surface area contributed by atoms with Crippen LogP contribution >= 0.6 is 11.8 Å². The summed E-state index contributed by atoms with van der Waals surface area (Å²) in [5, 5.41) is 8.77. The van der Waals surface area contributed by atoms with E-state index in [1.807, 2.05) is 17.9 Å². The van der Waals surface area contributed by atoms with Crippen molar-refractivity contribution in [1.29, 1.82) is 0 Å². The largest absolute Gasteiger partial charge is 0.313 e. The van der Waals surface area contributed by atoms with Crippen LogP contribution in [-0.2, 0) is 13.5 Å². The molecule has 0 spiro atoms. The highest BCUT2D eigenvalue weighted by Crippen LogP contribution is 2.29. The van der Waals surface area contributed by atoms with E-state index >= 15 is 0 Å². The highest BCUT2D eigenvalue weighted by Gasteiger charge is 2.18. The standard InChI is InChI=1S/C14H25N3S/c1-3-15-13(8-12-9-16-17(2)10-12)11-18-14-6-4-5-7-14/h9-10,13-15H,3-8,11H2,1-2H3. The van der Waals surface area contributed by atoms with E-state index in [1.165, 1.54) is 37.0 Å². The van der Waals surface area contributed by atoms with Gasteiger partial charge in [-0.05, 0) is 31.4 Å². The van der Waals surface area contributed by atoms with Gasteiger partial charge in [0, 0.05) is 30.3 Å². The number of nitrogens with zero attached hydrogens (tertiary/aromatic N) is 2. The third-order valence-corrected chi connectivity index (χ3v) is 5.11. The second-order valence-corrected chi connectivity index (χ2v) is 6.55. The van der Waals surface area contributed by atoms with E-state index in [1.54, 1.807) is 0 Å². The molecule has 3 nitrogen and oxygen atoms in total. The van der Waals surface area contributed by atoms with Crippen LogP contribution < -0.4 is 5.32 Å². The number of thioether (sulfide) groups is 1. The fraction of sp³-hybridized carbons (Fsp3) is 0.786. The first-order valence-electron chi connectivity index (χ1n) is 7.10. The number of hydrogen-bond acceptors (Lipinski definition) is 3. The van der Waals surface area contributed by atoms with Crippen LogP contribution in [0.4, 0.5) is 0 Å². The number of rotatable bonds is 7. The van der Waals surface area contributed by atoms with Gasteiger partial charge in [0.2, 0.25) is 0 Å². The lowest BCUT2D eigenvalue weighted by Crippen LogP contribution is -2.33. The van der Waals surface area contributed by atoms with E-state index in [0.29, 0.717) is 6.04 Å². The van der Waals surface area contributed by atoms with Gasteiger partial charge in [-0.1, -0.05) is 19.8 Å². The summed E-state index contributed by atoms with van der Waals surface area (Å²) >= 11 is 2.17. The Morgan fingerprint density at radius 2 is 2.28 bits per heavy atom. The Bertz CT molecular complexity index is 345. The van der Waals surface area contributed by atoms with Crippen molar-refractivity contribution in [3.05, 3.63) is 18.0 Å².